The zero-order valence-electron chi connectivity index (χ0n) is 9.73. The van der Waals surface area contributed by atoms with E-state index < -0.39 is 11.7 Å². The lowest BCUT2D eigenvalue weighted by molar-refractivity contribution is -0.137. The van der Waals surface area contributed by atoms with Crippen molar-refractivity contribution in [3.63, 3.8) is 0 Å². The van der Waals surface area contributed by atoms with Gasteiger partial charge in [0.25, 0.3) is 0 Å². The van der Waals surface area contributed by atoms with Crippen molar-refractivity contribution >= 4 is 17.3 Å². The van der Waals surface area contributed by atoms with Gasteiger partial charge in [0.15, 0.2) is 0 Å². The topological polar surface area (TPSA) is 12.5 Å². The summed E-state index contributed by atoms with van der Waals surface area (Å²) < 4.78 is 43.1. The Morgan fingerprint density at radius 1 is 1.35 bits per heavy atom. The molecule has 0 aliphatic heterocycles. The summed E-state index contributed by atoms with van der Waals surface area (Å²) in [5, 5.41) is -0.359. The summed E-state index contributed by atoms with van der Waals surface area (Å²) in [6.45, 7) is 2.40. The molecule has 0 aliphatic carbocycles. The molecule has 0 amide bonds. The smallest absolute Gasteiger partial charge is 0.417 e. The van der Waals surface area contributed by atoms with Crippen LogP contribution in [0.15, 0.2) is 12.1 Å². The van der Waals surface area contributed by atoms with Crippen molar-refractivity contribution < 1.29 is 17.9 Å². The number of nitrogens with zero attached hydrogens (tertiary/aromatic N) is 1. The van der Waals surface area contributed by atoms with E-state index >= 15 is 0 Å². The lowest BCUT2D eigenvalue weighted by atomic mass is 10.1. The number of benzene rings is 1. The quantitative estimate of drug-likeness (QED) is 0.825. The van der Waals surface area contributed by atoms with Crippen LogP contribution in [-0.4, -0.2) is 20.7 Å². The van der Waals surface area contributed by atoms with Gasteiger partial charge in [-0.3, -0.25) is 0 Å². The van der Waals surface area contributed by atoms with Crippen molar-refractivity contribution in [1.82, 2.24) is 0 Å². The first-order valence-electron chi connectivity index (χ1n) is 4.97. The van der Waals surface area contributed by atoms with Gasteiger partial charge in [-0.05, 0) is 13.0 Å². The van der Waals surface area contributed by atoms with Gasteiger partial charge >= 0.3 is 6.18 Å². The van der Waals surface area contributed by atoms with Crippen molar-refractivity contribution in [3.05, 3.63) is 22.7 Å². The number of anilines is 1. The number of hydrogen-bond acceptors (Lipinski definition) is 2. The van der Waals surface area contributed by atoms with E-state index in [2.05, 4.69) is 0 Å². The van der Waals surface area contributed by atoms with Crippen LogP contribution in [0.2, 0.25) is 5.02 Å². The highest BCUT2D eigenvalue weighted by molar-refractivity contribution is 6.31. The summed E-state index contributed by atoms with van der Waals surface area (Å²) in [6.07, 6.45) is -4.47. The van der Waals surface area contributed by atoms with Crippen molar-refractivity contribution in [3.8, 4) is 5.75 Å². The van der Waals surface area contributed by atoms with Crippen LogP contribution < -0.4 is 9.64 Å². The third-order valence-corrected chi connectivity index (χ3v) is 2.77. The fourth-order valence-electron chi connectivity index (χ4n) is 1.39. The van der Waals surface area contributed by atoms with Gasteiger partial charge in [0.1, 0.15) is 5.75 Å². The molecule has 0 heterocycles. The number of methoxy groups -OCH3 is 1. The van der Waals surface area contributed by atoms with E-state index in [1.807, 2.05) is 6.92 Å². The highest BCUT2D eigenvalue weighted by Gasteiger charge is 2.34. The van der Waals surface area contributed by atoms with Gasteiger partial charge in [0.05, 0.1) is 23.4 Å². The molecule has 6 heteroatoms. The first kappa shape index (κ1) is 14.0. The molecule has 0 N–H and O–H groups in total. The van der Waals surface area contributed by atoms with E-state index in [-0.39, 0.29) is 5.02 Å². The molecule has 0 spiro atoms. The molecule has 0 unspecified atom stereocenters. The molecule has 1 aromatic carbocycles. The molecule has 17 heavy (non-hydrogen) atoms. The van der Waals surface area contributed by atoms with Crippen LogP contribution in [0.1, 0.15) is 12.5 Å². The second-order valence-electron chi connectivity index (χ2n) is 3.52. The van der Waals surface area contributed by atoms with Crippen LogP contribution in [0, 0.1) is 0 Å². The molecule has 0 atom stereocenters. The van der Waals surface area contributed by atoms with Gasteiger partial charge < -0.3 is 9.64 Å². The fourth-order valence-corrected chi connectivity index (χ4v) is 1.65. The van der Waals surface area contributed by atoms with Gasteiger partial charge in [0, 0.05) is 19.7 Å². The van der Waals surface area contributed by atoms with Crippen molar-refractivity contribution in [2.45, 2.75) is 13.1 Å². The third kappa shape index (κ3) is 2.97. The van der Waals surface area contributed by atoms with E-state index in [9.17, 15) is 13.2 Å². The Hall–Kier alpha value is -1.10. The standard InChI is InChI=1S/C11H13ClF3NO/c1-4-16(2)9-5-7(11(13,14)15)8(12)6-10(9)17-3/h5-6H,4H2,1-3H3. The molecule has 96 valence electrons. The van der Waals surface area contributed by atoms with E-state index in [1.165, 1.54) is 13.2 Å². The third-order valence-electron chi connectivity index (χ3n) is 2.46. The minimum atomic E-state index is -4.47. The van der Waals surface area contributed by atoms with Gasteiger partial charge in [-0.15, -0.1) is 0 Å². The zero-order valence-corrected chi connectivity index (χ0v) is 10.5. The lowest BCUT2D eigenvalue weighted by Crippen LogP contribution is -2.18. The minimum Gasteiger partial charge on any atom is -0.495 e. The second kappa shape index (κ2) is 5.04. The molecule has 0 radical (unpaired) electrons. The van der Waals surface area contributed by atoms with Crippen LogP contribution in [-0.2, 0) is 6.18 Å². The zero-order chi connectivity index (χ0) is 13.2. The average molecular weight is 268 g/mol. The SMILES string of the molecule is CCN(C)c1cc(C(F)(F)F)c(Cl)cc1OC. The van der Waals surface area contributed by atoms with Gasteiger partial charge in [0.2, 0.25) is 0 Å². The number of ether oxygens (including phenoxy) is 1. The molecule has 0 bridgehead atoms. The summed E-state index contributed by atoms with van der Waals surface area (Å²) in [4.78, 5) is 1.66. The van der Waals surface area contributed by atoms with Gasteiger partial charge in [-0.1, -0.05) is 11.6 Å². The normalized spacial score (nSPS) is 11.5. The Bertz CT molecular complexity index is 406. The van der Waals surface area contributed by atoms with Crippen molar-refractivity contribution in [2.75, 3.05) is 25.6 Å². The molecule has 0 fully saturated rings. The van der Waals surface area contributed by atoms with Crippen molar-refractivity contribution in [2.24, 2.45) is 0 Å². The largest absolute Gasteiger partial charge is 0.495 e. The Kier molecular flexibility index (Phi) is 4.14. The number of hydrogen-bond donors (Lipinski definition) is 0. The number of rotatable bonds is 3. The maximum absolute atomic E-state index is 12.7. The summed E-state index contributed by atoms with van der Waals surface area (Å²) in [6, 6.07) is 2.19. The maximum atomic E-state index is 12.7. The van der Waals surface area contributed by atoms with Crippen molar-refractivity contribution in [1.29, 1.82) is 0 Å². The summed E-state index contributed by atoms with van der Waals surface area (Å²) >= 11 is 5.59. The highest BCUT2D eigenvalue weighted by atomic mass is 35.5. The first-order chi connectivity index (χ1) is 7.81. The average Bonchev–Trinajstić information content (AvgIpc) is 2.25. The molecule has 0 saturated heterocycles. The molecule has 0 saturated carbocycles. The Morgan fingerprint density at radius 2 is 1.94 bits per heavy atom. The van der Waals surface area contributed by atoms with E-state index in [0.717, 1.165) is 6.07 Å². The molecule has 0 aromatic heterocycles. The van der Waals surface area contributed by atoms with Crippen LogP contribution in [0.4, 0.5) is 18.9 Å². The van der Waals surface area contributed by atoms with Gasteiger partial charge in [-0.2, -0.15) is 13.2 Å². The monoisotopic (exact) mass is 267 g/mol. The summed E-state index contributed by atoms with van der Waals surface area (Å²) in [5.74, 6) is 0.326. The fraction of sp³-hybridized carbons (Fsp3) is 0.455. The molecule has 2 nitrogen and oxygen atoms in total. The molecular formula is C11H13ClF3NO. The predicted molar refractivity (Wildman–Crippen MR) is 62.0 cm³/mol. The predicted octanol–water partition coefficient (Wildman–Crippen LogP) is 3.82. The molecule has 1 rings (SSSR count). The molecule has 0 aliphatic rings. The van der Waals surface area contributed by atoms with Crippen LogP contribution in [0.3, 0.4) is 0 Å². The van der Waals surface area contributed by atoms with E-state index in [4.69, 9.17) is 16.3 Å². The molecular weight excluding hydrogens is 255 g/mol. The van der Waals surface area contributed by atoms with E-state index in [1.54, 1.807) is 11.9 Å². The molecule has 1 aromatic rings. The Balaban J connectivity index is 3.38. The first-order valence-corrected chi connectivity index (χ1v) is 5.35. The van der Waals surface area contributed by atoms with Crippen LogP contribution in [0.25, 0.3) is 0 Å². The van der Waals surface area contributed by atoms with E-state index in [0.29, 0.717) is 18.0 Å². The highest BCUT2D eigenvalue weighted by Crippen LogP contribution is 2.41. The second-order valence-corrected chi connectivity index (χ2v) is 3.92. The lowest BCUT2D eigenvalue weighted by Gasteiger charge is -2.22. The van der Waals surface area contributed by atoms with Crippen LogP contribution >= 0.6 is 11.6 Å². The maximum Gasteiger partial charge on any atom is 0.417 e. The summed E-state index contributed by atoms with van der Waals surface area (Å²) in [5.41, 5.74) is -0.484. The minimum absolute atomic E-state index is 0.326. The Labute approximate surface area is 103 Å². The van der Waals surface area contributed by atoms with Gasteiger partial charge in [-0.25, -0.2) is 0 Å². The Morgan fingerprint density at radius 3 is 2.35 bits per heavy atom. The van der Waals surface area contributed by atoms with Crippen LogP contribution in [0.5, 0.6) is 5.75 Å². The number of alkyl halides is 3. The number of halogens is 4. The summed E-state index contributed by atoms with van der Waals surface area (Å²) in [7, 11) is 3.08.